The molecule has 0 radical (unpaired) electrons. The van der Waals surface area contributed by atoms with Gasteiger partial charge in [0.1, 0.15) is 0 Å². The van der Waals surface area contributed by atoms with Crippen LogP contribution in [0.25, 0.3) is 0 Å². The Morgan fingerprint density at radius 3 is 2.33 bits per heavy atom. The van der Waals surface area contributed by atoms with E-state index in [1.165, 1.54) is 36.4 Å². The van der Waals surface area contributed by atoms with Gasteiger partial charge in [-0.05, 0) is 42.8 Å². The highest BCUT2D eigenvalue weighted by Crippen LogP contribution is 2.40. The Hall–Kier alpha value is -2.45. The average Bonchev–Trinajstić information content (AvgIpc) is 2.86. The van der Waals surface area contributed by atoms with Crippen LogP contribution in [0.3, 0.4) is 0 Å². The molecular weight excluding hydrogens is 360 g/mol. The summed E-state index contributed by atoms with van der Waals surface area (Å²) in [5, 5.41) is 8.99. The molecule has 0 saturated carbocycles. The van der Waals surface area contributed by atoms with Gasteiger partial charge >= 0.3 is 12.6 Å². The molecule has 24 heavy (non-hydrogen) atoms. The molecule has 1 atom stereocenters. The van der Waals surface area contributed by atoms with Crippen molar-refractivity contribution in [2.45, 2.75) is 23.2 Å². The Morgan fingerprint density at radius 1 is 1.17 bits per heavy atom. The smallest absolute Gasteiger partial charge is 0.450 e. The lowest BCUT2D eigenvalue weighted by atomic mass is 10.2. The molecule has 7 nitrogen and oxygen atoms in total. The summed E-state index contributed by atoms with van der Waals surface area (Å²) in [4.78, 5) is 10.6. The normalized spacial score (nSPS) is 16.0. The van der Waals surface area contributed by atoms with Crippen LogP contribution in [0.1, 0.15) is 5.56 Å². The second kappa shape index (κ2) is 5.88. The lowest BCUT2D eigenvalue weighted by Gasteiger charge is -2.09. The third kappa shape index (κ3) is 2.98. The van der Waals surface area contributed by atoms with E-state index < -0.39 is 22.5 Å². The molecule has 9 heteroatoms. The Balaban J connectivity index is 1.99. The number of fused-ring (bicyclic) bond motifs is 1. The summed E-state index contributed by atoms with van der Waals surface area (Å²) in [6.45, 7) is 0.128. The van der Waals surface area contributed by atoms with Crippen LogP contribution in [-0.4, -0.2) is 26.2 Å². The number of aryl methyl sites for hydroxylation is 1. The number of benzene rings is 2. The van der Waals surface area contributed by atoms with Crippen LogP contribution < -0.4 is 9.47 Å². The quantitative estimate of drug-likeness (QED) is 0.828. The fourth-order valence-electron chi connectivity index (χ4n) is 2.22. The topological polar surface area (TPSA) is 99.1 Å². The molecule has 0 spiro atoms. The van der Waals surface area contributed by atoms with Gasteiger partial charge in [0.25, 0.3) is 0 Å². The van der Waals surface area contributed by atoms with Crippen LogP contribution in [0.5, 0.6) is 11.5 Å². The van der Waals surface area contributed by atoms with E-state index in [4.69, 9.17) is 26.2 Å². The molecule has 0 saturated heterocycles. The Morgan fingerprint density at radius 2 is 1.75 bits per heavy atom. The highest BCUT2D eigenvalue weighted by Gasteiger charge is 2.31. The molecule has 1 aliphatic rings. The average molecular weight is 371 g/mol. The van der Waals surface area contributed by atoms with Crippen molar-refractivity contribution in [3.05, 3.63) is 47.0 Å². The van der Waals surface area contributed by atoms with E-state index in [9.17, 15) is 13.2 Å². The third-order valence-electron chi connectivity index (χ3n) is 3.30. The SMILES string of the molecule is Cc1cc2c(cc1S(=O)(=O)c1ccc(Cl)cc1)OC(OC(=O)O)O2. The van der Waals surface area contributed by atoms with Gasteiger partial charge in [0.2, 0.25) is 9.84 Å². The number of carboxylic acid groups (broad SMARTS) is 1. The number of ether oxygens (including phenoxy) is 3. The van der Waals surface area contributed by atoms with Crippen LogP contribution in [0.15, 0.2) is 46.2 Å². The summed E-state index contributed by atoms with van der Waals surface area (Å²) >= 11 is 5.78. The zero-order valence-electron chi connectivity index (χ0n) is 12.2. The molecule has 1 N–H and O–H groups in total. The van der Waals surface area contributed by atoms with Gasteiger partial charge in [-0.1, -0.05) is 11.6 Å². The largest absolute Gasteiger partial charge is 0.511 e. The molecule has 1 aliphatic heterocycles. The van der Waals surface area contributed by atoms with Gasteiger partial charge in [-0.3, -0.25) is 0 Å². The van der Waals surface area contributed by atoms with Crippen LogP contribution in [-0.2, 0) is 14.6 Å². The fraction of sp³-hybridized carbons (Fsp3) is 0.133. The third-order valence-corrected chi connectivity index (χ3v) is 5.46. The molecule has 1 unspecified atom stereocenters. The summed E-state index contributed by atoms with van der Waals surface area (Å²) in [6, 6.07) is 8.49. The Labute approximate surface area is 142 Å². The van der Waals surface area contributed by atoms with Gasteiger partial charge in [0, 0.05) is 11.1 Å². The second-order valence-electron chi connectivity index (χ2n) is 4.93. The van der Waals surface area contributed by atoms with Crippen molar-refractivity contribution < 1.29 is 32.5 Å². The molecule has 1 heterocycles. The first-order valence-electron chi connectivity index (χ1n) is 6.65. The highest BCUT2D eigenvalue weighted by atomic mass is 35.5. The molecular formula is C15H11ClO7S. The van der Waals surface area contributed by atoms with Crippen molar-refractivity contribution in [2.24, 2.45) is 0 Å². The number of rotatable bonds is 3. The Bertz CT molecular complexity index is 906. The molecule has 2 aromatic rings. The summed E-state index contributed by atoms with van der Waals surface area (Å²) in [5.74, 6) is 0.285. The first-order chi connectivity index (χ1) is 11.3. The lowest BCUT2D eigenvalue weighted by Crippen LogP contribution is -2.24. The Kier molecular flexibility index (Phi) is 4.02. The zero-order chi connectivity index (χ0) is 17.5. The molecule has 0 fully saturated rings. The predicted octanol–water partition coefficient (Wildman–Crippen LogP) is 3.23. The monoisotopic (exact) mass is 370 g/mol. The van der Waals surface area contributed by atoms with Gasteiger partial charge in [-0.15, -0.1) is 0 Å². The van der Waals surface area contributed by atoms with E-state index in [0.29, 0.717) is 10.6 Å². The number of hydrogen-bond donors (Lipinski definition) is 1. The first-order valence-corrected chi connectivity index (χ1v) is 8.51. The minimum absolute atomic E-state index is 0.0168. The van der Waals surface area contributed by atoms with Gasteiger partial charge in [-0.2, -0.15) is 0 Å². The summed E-state index contributed by atoms with van der Waals surface area (Å²) in [5.41, 5.74) is 0.420. The number of hydrogen-bond acceptors (Lipinski definition) is 6. The number of sulfone groups is 1. The molecule has 126 valence electrons. The summed E-state index contributed by atoms with van der Waals surface area (Å²) in [6.07, 6.45) is -1.57. The van der Waals surface area contributed by atoms with Crippen molar-refractivity contribution in [1.29, 1.82) is 0 Å². The second-order valence-corrected chi connectivity index (χ2v) is 7.28. The molecule has 0 amide bonds. The molecule has 0 bridgehead atoms. The van der Waals surface area contributed by atoms with Crippen molar-refractivity contribution in [2.75, 3.05) is 0 Å². The number of halogens is 1. The summed E-state index contributed by atoms with van der Waals surface area (Å²) < 4.78 is 40.2. The van der Waals surface area contributed by atoms with Gasteiger partial charge < -0.3 is 19.3 Å². The van der Waals surface area contributed by atoms with Crippen molar-refractivity contribution >= 4 is 27.6 Å². The van der Waals surface area contributed by atoms with E-state index in [2.05, 4.69) is 4.74 Å². The van der Waals surface area contributed by atoms with Crippen LogP contribution in [0.2, 0.25) is 5.02 Å². The number of carbonyl (C=O) groups is 1. The maximum Gasteiger partial charge on any atom is 0.511 e. The van der Waals surface area contributed by atoms with E-state index in [0.717, 1.165) is 0 Å². The summed E-state index contributed by atoms with van der Waals surface area (Å²) in [7, 11) is -3.80. The van der Waals surface area contributed by atoms with E-state index in [1.807, 2.05) is 0 Å². The van der Waals surface area contributed by atoms with Crippen LogP contribution in [0.4, 0.5) is 4.79 Å². The standard InChI is InChI=1S/C15H11ClO7S/c1-8-6-11-12(22-15(21-11)23-14(17)18)7-13(8)24(19,20)10-4-2-9(16)3-5-10/h2-7,15H,1H3,(H,17,18). The van der Waals surface area contributed by atoms with Crippen molar-refractivity contribution in [1.82, 2.24) is 0 Å². The molecule has 0 aromatic heterocycles. The minimum Gasteiger partial charge on any atom is -0.450 e. The van der Waals surface area contributed by atoms with Gasteiger partial charge in [-0.25, -0.2) is 13.2 Å². The van der Waals surface area contributed by atoms with Crippen LogP contribution in [0, 0.1) is 6.92 Å². The van der Waals surface area contributed by atoms with Gasteiger partial charge in [0.05, 0.1) is 9.79 Å². The van der Waals surface area contributed by atoms with E-state index in [-0.39, 0.29) is 21.3 Å². The van der Waals surface area contributed by atoms with E-state index in [1.54, 1.807) is 6.92 Å². The fourth-order valence-corrected chi connectivity index (χ4v) is 3.84. The van der Waals surface area contributed by atoms with E-state index >= 15 is 0 Å². The molecule has 3 rings (SSSR count). The zero-order valence-corrected chi connectivity index (χ0v) is 13.8. The maximum absolute atomic E-state index is 12.8. The minimum atomic E-state index is -3.80. The molecule has 2 aromatic carbocycles. The lowest BCUT2D eigenvalue weighted by molar-refractivity contribution is -0.147. The van der Waals surface area contributed by atoms with Gasteiger partial charge in [0.15, 0.2) is 11.5 Å². The molecule has 0 aliphatic carbocycles. The van der Waals surface area contributed by atoms with Crippen LogP contribution >= 0.6 is 11.6 Å². The maximum atomic E-state index is 12.8. The van der Waals surface area contributed by atoms with Crippen molar-refractivity contribution in [3.8, 4) is 11.5 Å². The first kappa shape index (κ1) is 16.4. The van der Waals surface area contributed by atoms with Crippen molar-refractivity contribution in [3.63, 3.8) is 0 Å². The highest BCUT2D eigenvalue weighted by molar-refractivity contribution is 7.91. The predicted molar refractivity (Wildman–Crippen MR) is 82.2 cm³/mol.